The molecule has 10 nitrogen and oxygen atoms in total. The van der Waals surface area contributed by atoms with Crippen LogP contribution in [-0.4, -0.2) is 77.9 Å². The highest BCUT2D eigenvalue weighted by Crippen LogP contribution is 2.51. The SMILES string of the molecule is CC1(C)C(C=CC2=C(Sc3ccc(C(=O)O)cc3)C(/C=C/C3N(CCCCS(=O)(=O)O)c4ccc5ccccc5c4C3(C)C)CCC2)=[N+](CCCCS(=O)(=O)O)c2ccc3ccccc3c21. The van der Waals surface area contributed by atoms with Crippen molar-refractivity contribution in [3.8, 4) is 0 Å². The van der Waals surface area contributed by atoms with Crippen LogP contribution in [0, 0.1) is 5.92 Å². The van der Waals surface area contributed by atoms with Gasteiger partial charge < -0.3 is 10.0 Å². The predicted octanol–water partition coefficient (Wildman–Crippen LogP) is 11.5. The number of hydrogen-bond acceptors (Lipinski definition) is 7. The van der Waals surface area contributed by atoms with E-state index in [4.69, 9.17) is 0 Å². The minimum absolute atomic E-state index is 0.0412. The first kappa shape index (κ1) is 47.4. The third-order valence-corrected chi connectivity index (χ3v) is 16.6. The van der Waals surface area contributed by atoms with Crippen molar-refractivity contribution in [1.29, 1.82) is 0 Å². The summed E-state index contributed by atoms with van der Waals surface area (Å²) < 4.78 is 68.0. The highest BCUT2D eigenvalue weighted by atomic mass is 32.2. The number of rotatable bonds is 17. The van der Waals surface area contributed by atoms with E-state index < -0.39 is 31.6 Å². The van der Waals surface area contributed by atoms with Crippen LogP contribution >= 0.6 is 11.8 Å². The molecule has 2 unspecified atom stereocenters. The molecular weight excluding hydrogens is 889 g/mol. The standard InChI is InChI=1S/C53H58N2O8S3/c1-52(2)46(54(32-9-11-34-65(58,59)60)44-28-22-36-14-5-7-18-42(36)48(44)52)30-24-38-16-13-17-39(50(38)64-41-26-20-40(21-27-41)51(56)57)25-31-47-53(3,4)49-43-19-8-6-15-37(43)23-29-45(49)55(47)33-10-12-35-66(61,62)63/h5-8,14-15,18-31,38,46H,9-13,16-17,32-35H2,1-4H3,(H2-,56,57,58,59,60,61,62,63)/p+1/b30-24+,31-25?. The lowest BCUT2D eigenvalue weighted by molar-refractivity contribution is -0.438. The van der Waals surface area contributed by atoms with Crippen molar-refractivity contribution in [2.45, 2.75) is 94.4 Å². The molecule has 1 aliphatic carbocycles. The van der Waals surface area contributed by atoms with Gasteiger partial charge in [0, 0.05) is 52.6 Å². The number of anilines is 1. The molecule has 2 heterocycles. The first-order chi connectivity index (χ1) is 31.3. The van der Waals surface area contributed by atoms with E-state index in [1.54, 1.807) is 23.9 Å². The minimum Gasteiger partial charge on any atom is -0.478 e. The van der Waals surface area contributed by atoms with Crippen molar-refractivity contribution in [3.63, 3.8) is 0 Å². The fourth-order valence-corrected chi connectivity index (χ4v) is 12.9. The number of carbonyl (C=O) groups is 1. The van der Waals surface area contributed by atoms with Crippen LogP contribution in [0.1, 0.15) is 94.1 Å². The third kappa shape index (κ3) is 9.96. The molecular formula is C53H59N2O8S3+. The van der Waals surface area contributed by atoms with Crippen molar-refractivity contribution in [2.24, 2.45) is 5.92 Å². The van der Waals surface area contributed by atoms with Gasteiger partial charge in [-0.3, -0.25) is 9.11 Å². The number of aromatic carboxylic acids is 1. The number of thioether (sulfide) groups is 1. The Bertz CT molecular complexity index is 3040. The molecule has 0 aromatic heterocycles. The molecule has 13 heteroatoms. The lowest BCUT2D eigenvalue weighted by Crippen LogP contribution is -2.40. The molecule has 8 rings (SSSR count). The largest absolute Gasteiger partial charge is 0.478 e. The Morgan fingerprint density at radius 1 is 0.758 bits per heavy atom. The van der Waals surface area contributed by atoms with E-state index in [2.05, 4.69) is 128 Å². The number of benzene rings is 5. The maximum Gasteiger partial charge on any atom is 0.335 e. The smallest absolute Gasteiger partial charge is 0.335 e. The molecule has 66 heavy (non-hydrogen) atoms. The van der Waals surface area contributed by atoms with Crippen molar-refractivity contribution in [1.82, 2.24) is 0 Å². The molecule has 2 atom stereocenters. The number of hydrogen-bond donors (Lipinski definition) is 3. The van der Waals surface area contributed by atoms with Gasteiger partial charge in [0.2, 0.25) is 5.69 Å². The van der Waals surface area contributed by atoms with Crippen LogP contribution in [0.4, 0.5) is 11.4 Å². The Balaban J connectivity index is 1.20. The van der Waals surface area contributed by atoms with Gasteiger partial charge in [-0.2, -0.15) is 21.4 Å². The fraction of sp³-hybridized carbons (Fsp3) is 0.358. The van der Waals surface area contributed by atoms with Gasteiger partial charge in [0.1, 0.15) is 6.54 Å². The molecule has 0 saturated heterocycles. The van der Waals surface area contributed by atoms with Gasteiger partial charge in [0.25, 0.3) is 20.2 Å². The lowest BCUT2D eigenvalue weighted by Gasteiger charge is -2.33. The number of unbranched alkanes of at least 4 members (excludes halogenated alkanes) is 2. The molecule has 0 amide bonds. The monoisotopic (exact) mass is 947 g/mol. The summed E-state index contributed by atoms with van der Waals surface area (Å²) in [6, 6.07) is 32.5. The quantitative estimate of drug-likeness (QED) is 0.0355. The first-order valence-corrected chi connectivity index (χ1v) is 26.8. The van der Waals surface area contributed by atoms with Crippen LogP contribution in [0.25, 0.3) is 21.5 Å². The second-order valence-electron chi connectivity index (χ2n) is 18.9. The summed E-state index contributed by atoms with van der Waals surface area (Å²) in [5.41, 5.74) is 6.50. The molecule has 3 N–H and O–H groups in total. The van der Waals surface area contributed by atoms with E-state index in [-0.39, 0.29) is 34.4 Å². The Morgan fingerprint density at radius 3 is 2.03 bits per heavy atom. The molecule has 0 fully saturated rings. The van der Waals surface area contributed by atoms with E-state index in [9.17, 15) is 35.8 Å². The Morgan fingerprint density at radius 2 is 1.38 bits per heavy atom. The maximum absolute atomic E-state index is 11.8. The van der Waals surface area contributed by atoms with Gasteiger partial charge in [-0.05, 0) is 126 Å². The average Bonchev–Trinajstić information content (AvgIpc) is 3.63. The number of fused-ring (bicyclic) bond motifs is 6. The molecule has 0 saturated carbocycles. The molecule has 0 radical (unpaired) electrons. The summed E-state index contributed by atoms with van der Waals surface area (Å²) in [4.78, 5) is 16.4. The van der Waals surface area contributed by atoms with Crippen molar-refractivity contribution in [3.05, 3.63) is 149 Å². The molecule has 5 aromatic carbocycles. The summed E-state index contributed by atoms with van der Waals surface area (Å²) in [6.07, 6.45) is 13.7. The lowest BCUT2D eigenvalue weighted by atomic mass is 9.77. The zero-order chi connectivity index (χ0) is 47.0. The van der Waals surface area contributed by atoms with Gasteiger partial charge in [-0.1, -0.05) is 98.4 Å². The number of allylic oxidation sites excluding steroid dienone is 5. The van der Waals surface area contributed by atoms with E-state index in [0.717, 1.165) is 52.0 Å². The summed E-state index contributed by atoms with van der Waals surface area (Å²) in [6.45, 7) is 10.3. The summed E-state index contributed by atoms with van der Waals surface area (Å²) in [5.74, 6) is -1.50. The van der Waals surface area contributed by atoms with Gasteiger partial charge in [-0.15, -0.1) is 0 Å². The fourth-order valence-electron chi connectivity index (χ4n) is 10.6. The van der Waals surface area contributed by atoms with E-state index in [0.29, 0.717) is 38.8 Å². The topological polar surface area (TPSA) is 152 Å². The van der Waals surface area contributed by atoms with Crippen LogP contribution in [-0.2, 0) is 31.1 Å². The van der Waals surface area contributed by atoms with Crippen LogP contribution < -0.4 is 4.90 Å². The Kier molecular flexibility index (Phi) is 13.6. The Hall–Kier alpha value is -5.05. The highest BCUT2D eigenvalue weighted by molar-refractivity contribution is 8.03. The normalized spacial score (nSPS) is 19.5. The average molecular weight is 948 g/mol. The molecule has 346 valence electrons. The van der Waals surface area contributed by atoms with Crippen LogP contribution in [0.2, 0.25) is 0 Å². The molecule has 2 aliphatic heterocycles. The van der Waals surface area contributed by atoms with Gasteiger partial charge in [0.05, 0.1) is 28.5 Å². The summed E-state index contributed by atoms with van der Waals surface area (Å²) >= 11 is 1.67. The molecule has 3 aliphatic rings. The van der Waals surface area contributed by atoms with E-state index in [1.807, 2.05) is 18.2 Å². The second kappa shape index (κ2) is 18.9. The van der Waals surface area contributed by atoms with Crippen molar-refractivity contribution < 1.29 is 40.4 Å². The number of nitrogens with zero attached hydrogens (tertiary/aromatic N) is 2. The van der Waals surface area contributed by atoms with Crippen LogP contribution in [0.3, 0.4) is 0 Å². The second-order valence-corrected chi connectivity index (χ2v) is 23.2. The number of carboxylic acid groups (broad SMARTS) is 1. The molecule has 0 bridgehead atoms. The summed E-state index contributed by atoms with van der Waals surface area (Å²) in [7, 11) is -8.16. The Labute approximate surface area is 393 Å². The van der Waals surface area contributed by atoms with E-state index in [1.165, 1.54) is 32.4 Å². The minimum atomic E-state index is -4.08. The first-order valence-electron chi connectivity index (χ1n) is 22.8. The van der Waals surface area contributed by atoms with Gasteiger partial charge >= 0.3 is 5.97 Å². The summed E-state index contributed by atoms with van der Waals surface area (Å²) in [5, 5.41) is 14.4. The van der Waals surface area contributed by atoms with Gasteiger partial charge in [-0.25, -0.2) is 4.79 Å². The van der Waals surface area contributed by atoms with E-state index >= 15 is 0 Å². The zero-order valence-corrected chi connectivity index (χ0v) is 40.4. The predicted molar refractivity (Wildman–Crippen MR) is 268 cm³/mol. The molecule has 0 spiro atoms. The maximum atomic E-state index is 11.8. The number of carboxylic acids is 1. The molecule has 5 aromatic rings. The van der Waals surface area contributed by atoms with Crippen LogP contribution in [0.15, 0.2) is 137 Å². The van der Waals surface area contributed by atoms with Crippen molar-refractivity contribution in [2.75, 3.05) is 29.5 Å². The zero-order valence-electron chi connectivity index (χ0n) is 38.0. The van der Waals surface area contributed by atoms with Crippen LogP contribution in [0.5, 0.6) is 0 Å². The highest BCUT2D eigenvalue weighted by Gasteiger charge is 2.46. The van der Waals surface area contributed by atoms with Gasteiger partial charge in [0.15, 0.2) is 5.71 Å². The van der Waals surface area contributed by atoms with Crippen molar-refractivity contribution >= 4 is 76.6 Å². The third-order valence-electron chi connectivity index (χ3n) is 13.7.